The summed E-state index contributed by atoms with van der Waals surface area (Å²) in [5, 5.41) is 9.69. The molecule has 0 saturated heterocycles. The molecule has 0 heterocycles. The van der Waals surface area contributed by atoms with Crippen molar-refractivity contribution in [3.63, 3.8) is 0 Å². The molecule has 0 aromatic heterocycles. The van der Waals surface area contributed by atoms with Crippen molar-refractivity contribution in [1.29, 1.82) is 0 Å². The van der Waals surface area contributed by atoms with Crippen molar-refractivity contribution in [2.75, 3.05) is 0 Å². The first-order chi connectivity index (χ1) is 5.79. The van der Waals surface area contributed by atoms with E-state index in [1.165, 1.54) is 6.42 Å². The summed E-state index contributed by atoms with van der Waals surface area (Å²) in [6, 6.07) is 0. The van der Waals surface area contributed by atoms with E-state index in [1.54, 1.807) is 0 Å². The number of aliphatic hydroxyl groups excluding tert-OH is 1. The van der Waals surface area contributed by atoms with E-state index in [1.807, 2.05) is 0 Å². The van der Waals surface area contributed by atoms with Crippen LogP contribution in [0.5, 0.6) is 0 Å². The maximum absolute atomic E-state index is 9.69. The largest absolute Gasteiger partial charge is 0.506 e. The lowest BCUT2D eigenvalue weighted by Crippen LogP contribution is -2.11. The lowest BCUT2D eigenvalue weighted by Gasteiger charge is -2.24. The minimum atomic E-state index is 0.433. The van der Waals surface area contributed by atoms with E-state index in [0.717, 1.165) is 22.9 Å². The zero-order chi connectivity index (χ0) is 8.55. The van der Waals surface area contributed by atoms with E-state index < -0.39 is 0 Å². The average molecular weight is 227 g/mol. The summed E-state index contributed by atoms with van der Waals surface area (Å²) >= 11 is 3.33. The van der Waals surface area contributed by atoms with Gasteiger partial charge in [0.25, 0.3) is 0 Å². The molecule has 2 aliphatic rings. The van der Waals surface area contributed by atoms with Gasteiger partial charge in [-0.2, -0.15) is 0 Å². The standard InChI is InChI=1S/C10H11BrO/c11-9-6-5-7-3-1-2-4-8(7)10(9)12/h2,4,6-7,12H,1,3,5H2. The average Bonchev–Trinajstić information content (AvgIpc) is 2.12. The van der Waals surface area contributed by atoms with Crippen molar-refractivity contribution >= 4 is 15.9 Å². The topological polar surface area (TPSA) is 20.2 Å². The molecule has 1 N–H and O–H groups in total. The molecule has 2 heteroatoms. The van der Waals surface area contributed by atoms with E-state index in [9.17, 15) is 5.11 Å². The molecule has 1 atom stereocenters. The van der Waals surface area contributed by atoms with E-state index in [0.29, 0.717) is 11.7 Å². The summed E-state index contributed by atoms with van der Waals surface area (Å²) in [4.78, 5) is 0. The van der Waals surface area contributed by atoms with E-state index in [2.05, 4.69) is 34.2 Å². The van der Waals surface area contributed by atoms with Crippen LogP contribution in [-0.4, -0.2) is 5.11 Å². The van der Waals surface area contributed by atoms with Gasteiger partial charge in [0.15, 0.2) is 0 Å². The Morgan fingerprint density at radius 3 is 3.17 bits per heavy atom. The second kappa shape index (κ2) is 3.09. The predicted molar refractivity (Wildman–Crippen MR) is 53.1 cm³/mol. The number of allylic oxidation sites excluding steroid dienone is 5. The lowest BCUT2D eigenvalue weighted by atomic mass is 9.83. The zero-order valence-electron chi connectivity index (χ0n) is 6.76. The van der Waals surface area contributed by atoms with Crippen LogP contribution in [0.15, 0.2) is 34.0 Å². The quantitative estimate of drug-likeness (QED) is 0.671. The molecule has 0 radical (unpaired) electrons. The van der Waals surface area contributed by atoms with Crippen molar-refractivity contribution in [3.05, 3.63) is 34.0 Å². The van der Waals surface area contributed by atoms with Crippen LogP contribution in [0.1, 0.15) is 19.3 Å². The van der Waals surface area contributed by atoms with Crippen LogP contribution in [0.3, 0.4) is 0 Å². The van der Waals surface area contributed by atoms with Crippen molar-refractivity contribution in [1.82, 2.24) is 0 Å². The summed E-state index contributed by atoms with van der Waals surface area (Å²) in [5.41, 5.74) is 1.11. The molecule has 1 unspecified atom stereocenters. The maximum Gasteiger partial charge on any atom is 0.132 e. The fraction of sp³-hybridized carbons (Fsp3) is 0.400. The van der Waals surface area contributed by atoms with Gasteiger partial charge in [0.1, 0.15) is 5.76 Å². The number of rotatable bonds is 0. The van der Waals surface area contributed by atoms with Crippen molar-refractivity contribution in [2.45, 2.75) is 19.3 Å². The maximum atomic E-state index is 9.69. The van der Waals surface area contributed by atoms with Gasteiger partial charge < -0.3 is 5.11 Å². The Morgan fingerprint density at radius 2 is 2.33 bits per heavy atom. The molecule has 0 bridgehead atoms. The molecule has 0 aromatic carbocycles. The molecule has 0 saturated carbocycles. The summed E-state index contributed by atoms with van der Waals surface area (Å²) in [6.07, 6.45) is 9.62. The fourth-order valence-electron chi connectivity index (χ4n) is 1.80. The third-order valence-electron chi connectivity index (χ3n) is 2.50. The van der Waals surface area contributed by atoms with E-state index >= 15 is 0 Å². The Kier molecular flexibility index (Phi) is 2.09. The summed E-state index contributed by atoms with van der Waals surface area (Å²) < 4.78 is 0.848. The number of halogens is 1. The van der Waals surface area contributed by atoms with Crippen molar-refractivity contribution in [2.24, 2.45) is 5.92 Å². The van der Waals surface area contributed by atoms with E-state index in [4.69, 9.17) is 0 Å². The minimum absolute atomic E-state index is 0.433. The highest BCUT2D eigenvalue weighted by atomic mass is 79.9. The van der Waals surface area contributed by atoms with Crippen molar-refractivity contribution < 1.29 is 5.11 Å². The summed E-state index contributed by atoms with van der Waals surface area (Å²) in [6.45, 7) is 0. The van der Waals surface area contributed by atoms with Crippen LogP contribution < -0.4 is 0 Å². The van der Waals surface area contributed by atoms with Gasteiger partial charge in [-0.25, -0.2) is 0 Å². The smallest absolute Gasteiger partial charge is 0.132 e. The highest BCUT2D eigenvalue weighted by Gasteiger charge is 2.22. The zero-order valence-corrected chi connectivity index (χ0v) is 8.34. The van der Waals surface area contributed by atoms with Crippen molar-refractivity contribution in [3.8, 4) is 0 Å². The Labute approximate surface area is 80.6 Å². The molecule has 0 amide bonds. The molecule has 0 spiro atoms. The molecule has 12 heavy (non-hydrogen) atoms. The van der Waals surface area contributed by atoms with Gasteiger partial charge in [-0.3, -0.25) is 0 Å². The normalized spacial score (nSPS) is 28.4. The van der Waals surface area contributed by atoms with Gasteiger partial charge in [0.05, 0.1) is 4.48 Å². The van der Waals surface area contributed by atoms with Crippen LogP contribution in [0, 0.1) is 5.92 Å². The van der Waals surface area contributed by atoms with Gasteiger partial charge in [0.2, 0.25) is 0 Å². The predicted octanol–water partition coefficient (Wildman–Crippen LogP) is 3.45. The third kappa shape index (κ3) is 1.24. The monoisotopic (exact) mass is 226 g/mol. The lowest BCUT2D eigenvalue weighted by molar-refractivity contribution is 0.400. The van der Waals surface area contributed by atoms with Gasteiger partial charge in [0, 0.05) is 0 Å². The van der Waals surface area contributed by atoms with Crippen LogP contribution in [0.25, 0.3) is 0 Å². The number of fused-ring (bicyclic) bond motifs is 1. The number of aliphatic hydroxyl groups is 1. The molecule has 2 aliphatic carbocycles. The van der Waals surface area contributed by atoms with Gasteiger partial charge in [-0.05, 0) is 46.7 Å². The Hall–Kier alpha value is -0.500. The molecule has 0 fully saturated rings. The van der Waals surface area contributed by atoms with Crippen LogP contribution in [0.2, 0.25) is 0 Å². The number of hydrogen-bond acceptors (Lipinski definition) is 1. The molecule has 64 valence electrons. The molecule has 0 aromatic rings. The number of hydrogen-bond donors (Lipinski definition) is 1. The van der Waals surface area contributed by atoms with Gasteiger partial charge >= 0.3 is 0 Å². The fourth-order valence-corrected chi connectivity index (χ4v) is 2.21. The van der Waals surface area contributed by atoms with Crippen LogP contribution in [0.4, 0.5) is 0 Å². The molecule has 1 nitrogen and oxygen atoms in total. The van der Waals surface area contributed by atoms with Crippen LogP contribution >= 0.6 is 15.9 Å². The second-order valence-electron chi connectivity index (χ2n) is 3.27. The molecule has 2 rings (SSSR count). The van der Waals surface area contributed by atoms with E-state index in [-0.39, 0.29) is 0 Å². The van der Waals surface area contributed by atoms with Gasteiger partial charge in [-0.1, -0.05) is 18.2 Å². The first-order valence-electron chi connectivity index (χ1n) is 4.24. The Bertz CT molecular complexity index is 286. The second-order valence-corrected chi connectivity index (χ2v) is 4.12. The first-order valence-corrected chi connectivity index (χ1v) is 5.04. The third-order valence-corrected chi connectivity index (χ3v) is 3.20. The summed E-state index contributed by atoms with van der Waals surface area (Å²) in [7, 11) is 0. The first kappa shape index (κ1) is 8.11. The Balaban J connectivity index is 2.41. The molecular weight excluding hydrogens is 216 g/mol. The summed E-state index contributed by atoms with van der Waals surface area (Å²) in [5.74, 6) is 0.985. The van der Waals surface area contributed by atoms with Crippen LogP contribution in [-0.2, 0) is 0 Å². The molecule has 0 aliphatic heterocycles. The van der Waals surface area contributed by atoms with Gasteiger partial charge in [-0.15, -0.1) is 0 Å². The highest BCUT2D eigenvalue weighted by molar-refractivity contribution is 9.11. The highest BCUT2D eigenvalue weighted by Crippen LogP contribution is 2.37. The Morgan fingerprint density at radius 1 is 1.50 bits per heavy atom. The SMILES string of the molecule is OC1=C2C=CCCC2CC=C1Br. The molecular formula is C10H11BrO. The minimum Gasteiger partial charge on any atom is -0.506 e.